The Labute approximate surface area is 354 Å². The second-order valence-electron chi connectivity index (χ2n) is 15.0. The number of nitrogens with zero attached hydrogens (tertiary/aromatic N) is 3. The van der Waals surface area contributed by atoms with Gasteiger partial charge in [-0.1, -0.05) is 40.2 Å². The summed E-state index contributed by atoms with van der Waals surface area (Å²) in [6.45, 7) is 4.64. The fraction of sp³-hybridized carbons (Fsp3) is 0.302. The molecule has 0 saturated carbocycles. The van der Waals surface area contributed by atoms with E-state index in [4.69, 9.17) is 10.5 Å². The number of likely N-dealkylation sites (N-methyl/N-ethyl adjacent to an activating group) is 1. The van der Waals surface area contributed by atoms with Gasteiger partial charge in [-0.05, 0) is 79.4 Å². The molecular formula is C43H46BrN9O7. The Balaban J connectivity index is 1.04. The van der Waals surface area contributed by atoms with Gasteiger partial charge in [-0.15, -0.1) is 0 Å². The van der Waals surface area contributed by atoms with E-state index in [1.54, 1.807) is 64.4 Å². The predicted octanol–water partition coefficient (Wildman–Crippen LogP) is 5.35. The molecule has 0 aliphatic carbocycles. The van der Waals surface area contributed by atoms with Crippen molar-refractivity contribution in [3.63, 3.8) is 0 Å². The van der Waals surface area contributed by atoms with Crippen LogP contribution in [0.3, 0.4) is 0 Å². The van der Waals surface area contributed by atoms with Crippen molar-refractivity contribution in [2.75, 3.05) is 67.2 Å². The molecule has 312 valence electrons. The molecule has 1 saturated heterocycles. The minimum atomic E-state index is -0.839. The number of urea groups is 1. The number of fused-ring (bicyclic) bond motifs is 4. The molecule has 7 N–H and O–H groups in total. The molecule has 0 bridgehead atoms. The molecule has 0 unspecified atom stereocenters. The van der Waals surface area contributed by atoms with Crippen molar-refractivity contribution in [1.82, 2.24) is 25.4 Å². The first-order valence-corrected chi connectivity index (χ1v) is 20.7. The Morgan fingerprint density at radius 1 is 0.900 bits per heavy atom. The SMILES string of the molecule is CC(=O)N[C@@H](CCCNC(N)=O)C(=O)Nc1ccc(C(=O)Nc2ccc3[nH]c(C(=O)N4C[C@@H](CBr)c5c4cc(OC(=O)N4CCN(C)CC4)c4ccccc54)cc3c2)cc1. The van der Waals surface area contributed by atoms with Crippen LogP contribution in [0.25, 0.3) is 21.7 Å². The number of benzene rings is 4. The number of nitrogens with two attached hydrogens (primary N) is 1. The normalized spacial score (nSPS) is 15.6. The number of H-pyrrole nitrogens is 1. The number of primary amides is 1. The lowest BCUT2D eigenvalue weighted by molar-refractivity contribution is -0.125. The summed E-state index contributed by atoms with van der Waals surface area (Å²) >= 11 is 3.67. The van der Waals surface area contributed by atoms with Crippen LogP contribution in [-0.2, 0) is 9.59 Å². The number of carbonyl (C=O) groups excluding carboxylic acids is 6. The number of rotatable bonds is 12. The maximum absolute atomic E-state index is 14.3. The first-order chi connectivity index (χ1) is 28.9. The molecular weight excluding hydrogens is 834 g/mol. The Morgan fingerprint density at radius 2 is 1.62 bits per heavy atom. The smallest absolute Gasteiger partial charge is 0.409 e. The molecule has 17 heteroatoms. The highest BCUT2D eigenvalue weighted by Gasteiger charge is 2.36. The molecule has 16 nitrogen and oxygen atoms in total. The van der Waals surface area contributed by atoms with Crippen LogP contribution in [0, 0.1) is 0 Å². The monoisotopic (exact) mass is 879 g/mol. The van der Waals surface area contributed by atoms with E-state index in [0.717, 1.165) is 29.4 Å². The number of aromatic amines is 1. The van der Waals surface area contributed by atoms with Gasteiger partial charge in [0.1, 0.15) is 17.5 Å². The highest BCUT2D eigenvalue weighted by molar-refractivity contribution is 9.09. The average Bonchev–Trinajstić information content (AvgIpc) is 3.83. The van der Waals surface area contributed by atoms with Gasteiger partial charge in [-0.25, -0.2) is 9.59 Å². The second-order valence-corrected chi connectivity index (χ2v) is 15.6. The van der Waals surface area contributed by atoms with E-state index in [2.05, 4.69) is 47.1 Å². The van der Waals surface area contributed by atoms with Crippen molar-refractivity contribution in [3.8, 4) is 5.75 Å². The molecule has 7 rings (SSSR count). The van der Waals surface area contributed by atoms with Crippen LogP contribution < -0.4 is 36.6 Å². The quantitative estimate of drug-likeness (QED) is 0.0709. The van der Waals surface area contributed by atoms with Gasteiger partial charge in [0.15, 0.2) is 0 Å². The van der Waals surface area contributed by atoms with Crippen molar-refractivity contribution in [2.45, 2.75) is 31.7 Å². The summed E-state index contributed by atoms with van der Waals surface area (Å²) in [6.07, 6.45) is 0.262. The number of hydrogen-bond donors (Lipinski definition) is 6. The maximum atomic E-state index is 14.3. The summed E-state index contributed by atoms with van der Waals surface area (Å²) in [5, 5.41) is 13.8. The highest BCUT2D eigenvalue weighted by Crippen LogP contribution is 2.46. The molecule has 2 aliphatic rings. The Hall–Kier alpha value is -6.46. The van der Waals surface area contributed by atoms with E-state index >= 15 is 0 Å². The van der Waals surface area contributed by atoms with Crippen LogP contribution >= 0.6 is 15.9 Å². The molecule has 60 heavy (non-hydrogen) atoms. The van der Waals surface area contributed by atoms with Crippen molar-refractivity contribution in [3.05, 3.63) is 95.7 Å². The zero-order valence-electron chi connectivity index (χ0n) is 33.2. The third-order valence-electron chi connectivity index (χ3n) is 10.7. The van der Waals surface area contributed by atoms with Crippen LogP contribution in [0.15, 0.2) is 78.9 Å². The lowest BCUT2D eigenvalue weighted by Crippen LogP contribution is -2.48. The van der Waals surface area contributed by atoms with Crippen LogP contribution in [0.1, 0.15) is 52.1 Å². The molecule has 5 aromatic rings. The number of hydrogen-bond acceptors (Lipinski definition) is 8. The summed E-state index contributed by atoms with van der Waals surface area (Å²) in [5.41, 5.74) is 9.11. The van der Waals surface area contributed by atoms with E-state index in [1.807, 2.05) is 31.3 Å². The molecule has 1 aromatic heterocycles. The number of amides is 7. The van der Waals surface area contributed by atoms with E-state index in [0.29, 0.717) is 76.4 Å². The van der Waals surface area contributed by atoms with E-state index < -0.39 is 24.1 Å². The van der Waals surface area contributed by atoms with Crippen LogP contribution in [0.5, 0.6) is 5.75 Å². The first kappa shape index (κ1) is 41.7. The number of halogens is 1. The largest absolute Gasteiger partial charge is 0.415 e. The lowest BCUT2D eigenvalue weighted by Gasteiger charge is -2.31. The van der Waals surface area contributed by atoms with Gasteiger partial charge >= 0.3 is 12.1 Å². The third-order valence-corrected chi connectivity index (χ3v) is 11.5. The topological polar surface area (TPSA) is 211 Å². The van der Waals surface area contributed by atoms with Crippen molar-refractivity contribution in [1.29, 1.82) is 0 Å². The molecule has 2 aliphatic heterocycles. The fourth-order valence-corrected chi connectivity index (χ4v) is 8.13. The number of piperazine rings is 1. The molecule has 3 heterocycles. The summed E-state index contributed by atoms with van der Waals surface area (Å²) in [6, 6.07) is 21.4. The standard InChI is InChI=1S/C43H46BrN9O7/c1-25(54)47-34(8-5-15-46-42(45)58)40(56)48-29-11-9-26(10-12-29)39(55)49-30-13-14-33-27(20-30)21-35(50-33)41(57)53-24-28(23-44)38-32-7-4-3-6-31(32)37(22-36(38)53)60-43(59)52-18-16-51(2)17-19-52/h3-4,6-7,9-14,20-22,28,34,50H,5,8,15-19,23-24H2,1-2H3,(H,47,54)(H,48,56)(H,49,55)(H3,45,46,58)/t28-,34+/m1/s1. The van der Waals surface area contributed by atoms with Gasteiger partial charge in [-0.3, -0.25) is 19.2 Å². The van der Waals surface area contributed by atoms with Crippen LogP contribution in [0.4, 0.5) is 26.7 Å². The maximum Gasteiger partial charge on any atom is 0.415 e. The predicted molar refractivity (Wildman–Crippen MR) is 233 cm³/mol. The van der Waals surface area contributed by atoms with Crippen LogP contribution in [-0.4, -0.2) is 108 Å². The summed E-state index contributed by atoms with van der Waals surface area (Å²) in [7, 11) is 2.02. The second kappa shape index (κ2) is 18.2. The summed E-state index contributed by atoms with van der Waals surface area (Å²) in [5.74, 6) is -1.06. The lowest BCUT2D eigenvalue weighted by atomic mass is 9.95. The molecule has 0 spiro atoms. The molecule has 2 atom stereocenters. The number of anilines is 3. The van der Waals surface area contributed by atoms with Crippen molar-refractivity contribution >= 4 is 90.4 Å². The van der Waals surface area contributed by atoms with Gasteiger partial charge < -0.3 is 51.4 Å². The molecule has 4 aromatic carbocycles. The van der Waals surface area contributed by atoms with Gasteiger partial charge in [0.2, 0.25) is 11.8 Å². The van der Waals surface area contributed by atoms with Gasteiger partial charge in [0.05, 0.1) is 5.69 Å². The minimum Gasteiger partial charge on any atom is -0.409 e. The van der Waals surface area contributed by atoms with Gasteiger partial charge in [0, 0.05) is 96.7 Å². The number of carbonyl (C=O) groups is 6. The summed E-state index contributed by atoms with van der Waals surface area (Å²) < 4.78 is 6.05. The molecule has 1 fully saturated rings. The van der Waals surface area contributed by atoms with E-state index in [-0.39, 0.29) is 36.6 Å². The zero-order chi connectivity index (χ0) is 42.5. The van der Waals surface area contributed by atoms with Crippen molar-refractivity contribution in [2.24, 2.45) is 5.73 Å². The zero-order valence-corrected chi connectivity index (χ0v) is 34.8. The minimum absolute atomic E-state index is 0.00297. The molecule has 0 radical (unpaired) electrons. The number of aromatic nitrogens is 1. The Kier molecular flexibility index (Phi) is 12.7. The van der Waals surface area contributed by atoms with Gasteiger partial charge in [-0.2, -0.15) is 0 Å². The number of nitrogens with one attached hydrogen (secondary N) is 5. The van der Waals surface area contributed by atoms with E-state index in [1.165, 1.54) is 6.92 Å². The summed E-state index contributed by atoms with van der Waals surface area (Å²) in [4.78, 5) is 85.3. The Morgan fingerprint density at radius 3 is 2.32 bits per heavy atom. The first-order valence-electron chi connectivity index (χ1n) is 19.6. The molecule has 7 amide bonds. The van der Waals surface area contributed by atoms with E-state index in [9.17, 15) is 28.8 Å². The Bertz CT molecular complexity index is 2460. The highest BCUT2D eigenvalue weighted by atomic mass is 79.9. The fourth-order valence-electron chi connectivity index (χ4n) is 7.60. The average molecular weight is 881 g/mol. The van der Waals surface area contributed by atoms with Crippen molar-refractivity contribution < 1.29 is 33.5 Å². The number of ether oxygens (including phenoxy) is 1. The number of alkyl halides is 1. The van der Waals surface area contributed by atoms with Crippen LogP contribution in [0.2, 0.25) is 0 Å². The third kappa shape index (κ3) is 9.37. The van der Waals surface area contributed by atoms with Gasteiger partial charge in [0.25, 0.3) is 11.8 Å².